The number of carboxylic acid groups (broad SMARTS) is 1. The van der Waals surface area contributed by atoms with Crippen LogP contribution >= 0.6 is 27.5 Å². The van der Waals surface area contributed by atoms with E-state index in [1.165, 1.54) is 4.90 Å². The van der Waals surface area contributed by atoms with Gasteiger partial charge in [-0.05, 0) is 47.0 Å². The maximum atomic E-state index is 12.0. The summed E-state index contributed by atoms with van der Waals surface area (Å²) in [4.78, 5) is 24.4. The quantitative estimate of drug-likeness (QED) is 0.894. The molecular weight excluding hydrogens is 350 g/mol. The monoisotopic (exact) mass is 361 g/mol. The molecule has 1 aromatic rings. The van der Waals surface area contributed by atoms with Crippen molar-refractivity contribution in [2.45, 2.75) is 18.9 Å². The van der Waals surface area contributed by atoms with Crippen LogP contribution in [0.15, 0.2) is 22.7 Å². The molecule has 1 N–H and O–H groups in total. The van der Waals surface area contributed by atoms with Gasteiger partial charge < -0.3 is 14.7 Å². The van der Waals surface area contributed by atoms with E-state index in [0.717, 1.165) is 0 Å². The van der Waals surface area contributed by atoms with Gasteiger partial charge in [-0.25, -0.2) is 4.79 Å². The number of carbonyl (C=O) groups is 2. The van der Waals surface area contributed by atoms with E-state index in [2.05, 4.69) is 15.9 Å². The third-order valence-corrected chi connectivity index (χ3v) is 3.96. The average Bonchev–Trinajstić information content (AvgIpc) is 2.86. The van der Waals surface area contributed by atoms with E-state index in [4.69, 9.17) is 21.4 Å². The van der Waals surface area contributed by atoms with E-state index < -0.39 is 12.0 Å². The summed E-state index contributed by atoms with van der Waals surface area (Å²) in [5.74, 6) is -0.797. The highest BCUT2D eigenvalue weighted by atomic mass is 79.9. The van der Waals surface area contributed by atoms with Crippen LogP contribution in [-0.2, 0) is 9.59 Å². The van der Waals surface area contributed by atoms with Gasteiger partial charge in [0.25, 0.3) is 5.91 Å². The Morgan fingerprint density at radius 3 is 2.90 bits per heavy atom. The third-order valence-electron chi connectivity index (χ3n) is 3.10. The lowest BCUT2D eigenvalue weighted by Crippen LogP contribution is -2.42. The number of carboxylic acids is 1. The largest absolute Gasteiger partial charge is 0.483 e. The molecule has 0 aromatic heterocycles. The number of likely N-dealkylation sites (tertiary alicyclic amines) is 1. The third kappa shape index (κ3) is 3.43. The maximum absolute atomic E-state index is 12.0. The highest BCUT2D eigenvalue weighted by molar-refractivity contribution is 9.10. The van der Waals surface area contributed by atoms with Gasteiger partial charge in [-0.3, -0.25) is 4.79 Å². The van der Waals surface area contributed by atoms with Gasteiger partial charge in [0, 0.05) is 11.6 Å². The molecule has 1 aliphatic rings. The lowest BCUT2D eigenvalue weighted by molar-refractivity contribution is -0.148. The Balaban J connectivity index is 1.96. The molecule has 2 rings (SSSR count). The number of hydrogen-bond donors (Lipinski definition) is 1. The molecule has 1 amide bonds. The van der Waals surface area contributed by atoms with Gasteiger partial charge in [-0.2, -0.15) is 0 Å². The zero-order chi connectivity index (χ0) is 14.7. The van der Waals surface area contributed by atoms with Gasteiger partial charge >= 0.3 is 5.97 Å². The van der Waals surface area contributed by atoms with Crippen molar-refractivity contribution >= 4 is 39.4 Å². The number of amides is 1. The minimum absolute atomic E-state index is 0.190. The van der Waals surface area contributed by atoms with E-state index in [-0.39, 0.29) is 12.5 Å². The van der Waals surface area contributed by atoms with Crippen LogP contribution in [-0.4, -0.2) is 41.1 Å². The fourth-order valence-electron chi connectivity index (χ4n) is 2.14. The molecule has 20 heavy (non-hydrogen) atoms. The van der Waals surface area contributed by atoms with Gasteiger partial charge in [0.05, 0.1) is 4.47 Å². The molecule has 108 valence electrons. The molecule has 0 radical (unpaired) electrons. The molecule has 1 aromatic carbocycles. The molecule has 5 nitrogen and oxygen atoms in total. The summed E-state index contributed by atoms with van der Waals surface area (Å²) in [6.07, 6.45) is 1.19. The fourth-order valence-corrected chi connectivity index (χ4v) is 2.93. The lowest BCUT2D eigenvalue weighted by atomic mass is 10.2. The molecule has 0 aliphatic carbocycles. The van der Waals surface area contributed by atoms with E-state index in [1.807, 2.05) is 0 Å². The van der Waals surface area contributed by atoms with Crippen molar-refractivity contribution in [2.24, 2.45) is 0 Å². The summed E-state index contributed by atoms with van der Waals surface area (Å²) >= 11 is 9.10. The first-order valence-corrected chi connectivity index (χ1v) is 7.26. The second-order valence-electron chi connectivity index (χ2n) is 4.45. The predicted octanol–water partition coefficient (Wildman–Crippen LogP) is 2.56. The van der Waals surface area contributed by atoms with Crippen molar-refractivity contribution in [1.29, 1.82) is 0 Å². The number of ether oxygens (including phenoxy) is 1. The minimum atomic E-state index is -0.969. The van der Waals surface area contributed by atoms with E-state index in [1.54, 1.807) is 18.2 Å². The molecule has 1 saturated heterocycles. The van der Waals surface area contributed by atoms with Crippen LogP contribution in [0.2, 0.25) is 5.02 Å². The lowest BCUT2D eigenvalue weighted by Gasteiger charge is -2.21. The molecule has 1 heterocycles. The van der Waals surface area contributed by atoms with Crippen LogP contribution in [0.25, 0.3) is 0 Å². The number of benzene rings is 1. The fraction of sp³-hybridized carbons (Fsp3) is 0.385. The summed E-state index contributed by atoms with van der Waals surface area (Å²) < 4.78 is 6.05. The van der Waals surface area contributed by atoms with Crippen LogP contribution in [0.4, 0.5) is 0 Å². The summed E-state index contributed by atoms with van der Waals surface area (Å²) in [6.45, 7) is 0.269. The molecule has 1 atom stereocenters. The number of nitrogens with zero attached hydrogens (tertiary/aromatic N) is 1. The Morgan fingerprint density at radius 2 is 2.25 bits per heavy atom. The molecule has 1 aliphatic heterocycles. The van der Waals surface area contributed by atoms with E-state index in [0.29, 0.717) is 34.6 Å². The summed E-state index contributed by atoms with van der Waals surface area (Å²) in [6, 6.07) is 4.23. The van der Waals surface area contributed by atoms with Gasteiger partial charge in [0.2, 0.25) is 0 Å². The highest BCUT2D eigenvalue weighted by Crippen LogP contribution is 2.28. The highest BCUT2D eigenvalue weighted by Gasteiger charge is 2.33. The molecule has 0 unspecified atom stereocenters. The van der Waals surface area contributed by atoms with Gasteiger partial charge in [-0.15, -0.1) is 0 Å². The number of hydrogen-bond acceptors (Lipinski definition) is 3. The Morgan fingerprint density at radius 1 is 1.50 bits per heavy atom. The zero-order valence-corrected chi connectivity index (χ0v) is 12.9. The number of carbonyl (C=O) groups excluding carboxylic acids is 1. The van der Waals surface area contributed by atoms with Gasteiger partial charge in [-0.1, -0.05) is 11.6 Å². The van der Waals surface area contributed by atoms with Crippen LogP contribution in [0.5, 0.6) is 5.75 Å². The first-order valence-electron chi connectivity index (χ1n) is 6.09. The Labute approximate surface area is 129 Å². The minimum Gasteiger partial charge on any atom is -0.483 e. The first-order chi connectivity index (χ1) is 9.49. The summed E-state index contributed by atoms with van der Waals surface area (Å²) in [5.41, 5.74) is 0. The SMILES string of the molecule is O=C(O)[C@H]1CCCN1C(=O)COc1ccc(Cl)cc1Br. The van der Waals surface area contributed by atoms with Crippen LogP contribution in [0, 0.1) is 0 Å². The molecule has 0 spiro atoms. The van der Waals surface area contributed by atoms with Crippen LogP contribution in [0.1, 0.15) is 12.8 Å². The van der Waals surface area contributed by atoms with Crippen molar-refractivity contribution in [2.75, 3.05) is 13.2 Å². The zero-order valence-electron chi connectivity index (χ0n) is 10.5. The average molecular weight is 363 g/mol. The first kappa shape index (κ1) is 15.1. The number of aliphatic carboxylic acids is 1. The molecule has 0 saturated carbocycles. The Bertz CT molecular complexity index is 537. The van der Waals surface area contributed by atoms with Crippen LogP contribution in [0.3, 0.4) is 0 Å². The molecule has 7 heteroatoms. The number of halogens is 2. The van der Waals surface area contributed by atoms with Crippen molar-refractivity contribution in [1.82, 2.24) is 4.90 Å². The Hall–Kier alpha value is -1.27. The van der Waals surface area contributed by atoms with Crippen molar-refractivity contribution in [3.8, 4) is 5.75 Å². The second kappa shape index (κ2) is 6.45. The maximum Gasteiger partial charge on any atom is 0.326 e. The Kier molecular flexibility index (Phi) is 4.88. The molecule has 1 fully saturated rings. The normalized spacial score (nSPS) is 18.1. The smallest absolute Gasteiger partial charge is 0.326 e. The van der Waals surface area contributed by atoms with Gasteiger partial charge in [0.1, 0.15) is 11.8 Å². The number of rotatable bonds is 4. The summed E-state index contributed by atoms with van der Waals surface area (Å²) in [5, 5.41) is 9.59. The molecule has 0 bridgehead atoms. The van der Waals surface area contributed by atoms with Crippen molar-refractivity contribution < 1.29 is 19.4 Å². The standard InChI is InChI=1S/C13H13BrClNO4/c14-9-6-8(15)3-4-11(9)20-7-12(17)16-5-1-2-10(16)13(18)19/h3-4,6,10H,1-2,5,7H2,(H,18,19)/t10-/m1/s1. The topological polar surface area (TPSA) is 66.8 Å². The van der Waals surface area contributed by atoms with E-state index in [9.17, 15) is 9.59 Å². The second-order valence-corrected chi connectivity index (χ2v) is 5.74. The van der Waals surface area contributed by atoms with Crippen molar-refractivity contribution in [3.63, 3.8) is 0 Å². The van der Waals surface area contributed by atoms with E-state index >= 15 is 0 Å². The summed E-state index contributed by atoms with van der Waals surface area (Å²) in [7, 11) is 0. The van der Waals surface area contributed by atoms with Crippen LogP contribution < -0.4 is 4.74 Å². The van der Waals surface area contributed by atoms with Gasteiger partial charge in [0.15, 0.2) is 6.61 Å². The van der Waals surface area contributed by atoms with Crippen molar-refractivity contribution in [3.05, 3.63) is 27.7 Å². The predicted molar refractivity (Wildman–Crippen MR) is 77.0 cm³/mol. The molecular formula is C13H13BrClNO4.